The molecule has 0 bridgehead atoms. The predicted molar refractivity (Wildman–Crippen MR) is 82.1 cm³/mol. The summed E-state index contributed by atoms with van der Waals surface area (Å²) in [5.41, 5.74) is 0.259. The number of hydrogen-bond donors (Lipinski definition) is 2. The smallest absolute Gasteiger partial charge is 0.428 e. The first-order chi connectivity index (χ1) is 11.8. The van der Waals surface area contributed by atoms with E-state index in [1.54, 1.807) is 13.8 Å². The highest BCUT2D eigenvalue weighted by Crippen LogP contribution is 2.28. The SMILES string of the molecule is CCOC(CNC(=O)Nc1ccc(OC(F)(F)C(F)F)cc1)OCC. The van der Waals surface area contributed by atoms with E-state index < -0.39 is 30.6 Å². The van der Waals surface area contributed by atoms with Crippen molar-refractivity contribution in [3.05, 3.63) is 24.3 Å². The zero-order valence-corrected chi connectivity index (χ0v) is 13.7. The summed E-state index contributed by atoms with van der Waals surface area (Å²) in [6.07, 6.45) is -9.12. The summed E-state index contributed by atoms with van der Waals surface area (Å²) in [5, 5.41) is 4.96. The van der Waals surface area contributed by atoms with E-state index in [1.807, 2.05) is 0 Å². The highest BCUT2D eigenvalue weighted by Gasteiger charge is 2.43. The quantitative estimate of drug-likeness (QED) is 0.490. The molecule has 25 heavy (non-hydrogen) atoms. The van der Waals surface area contributed by atoms with Gasteiger partial charge >= 0.3 is 18.6 Å². The van der Waals surface area contributed by atoms with E-state index in [0.717, 1.165) is 12.1 Å². The Morgan fingerprint density at radius 1 is 1.12 bits per heavy atom. The van der Waals surface area contributed by atoms with Gasteiger partial charge in [-0.05, 0) is 38.1 Å². The van der Waals surface area contributed by atoms with Crippen LogP contribution in [0.4, 0.5) is 28.0 Å². The van der Waals surface area contributed by atoms with Crippen LogP contribution >= 0.6 is 0 Å². The van der Waals surface area contributed by atoms with E-state index in [4.69, 9.17) is 9.47 Å². The van der Waals surface area contributed by atoms with Crippen molar-refractivity contribution in [1.29, 1.82) is 0 Å². The molecule has 1 aromatic rings. The first kappa shape index (κ1) is 21.0. The number of nitrogens with one attached hydrogen (secondary N) is 2. The van der Waals surface area contributed by atoms with Crippen molar-refractivity contribution in [2.24, 2.45) is 0 Å². The van der Waals surface area contributed by atoms with Gasteiger partial charge in [-0.25, -0.2) is 4.79 Å². The second-order valence-electron chi connectivity index (χ2n) is 4.66. The Bertz CT molecular complexity index is 523. The van der Waals surface area contributed by atoms with Crippen molar-refractivity contribution in [1.82, 2.24) is 5.32 Å². The molecule has 1 rings (SSSR count). The standard InChI is InChI=1S/C15H20F4N2O4/c1-3-23-12(24-4-2)9-20-14(22)21-10-5-7-11(8-6-10)25-15(18,19)13(16)17/h5-8,12-13H,3-4,9H2,1-2H3,(H2,20,21,22). The molecule has 0 fully saturated rings. The van der Waals surface area contributed by atoms with E-state index in [9.17, 15) is 22.4 Å². The zero-order chi connectivity index (χ0) is 18.9. The molecule has 0 aliphatic rings. The molecule has 0 radical (unpaired) electrons. The number of carbonyl (C=O) groups excluding carboxylic acids is 1. The predicted octanol–water partition coefficient (Wildman–Crippen LogP) is 3.44. The van der Waals surface area contributed by atoms with Crippen molar-refractivity contribution in [3.63, 3.8) is 0 Å². The number of hydrogen-bond acceptors (Lipinski definition) is 4. The summed E-state index contributed by atoms with van der Waals surface area (Å²) in [7, 11) is 0. The molecule has 0 aliphatic carbocycles. The molecule has 142 valence electrons. The van der Waals surface area contributed by atoms with Gasteiger partial charge in [-0.15, -0.1) is 0 Å². The number of rotatable bonds is 10. The van der Waals surface area contributed by atoms with E-state index in [0.29, 0.717) is 13.2 Å². The van der Waals surface area contributed by atoms with Crippen molar-refractivity contribution in [2.75, 3.05) is 25.1 Å². The Labute approximate surface area is 142 Å². The minimum Gasteiger partial charge on any atom is -0.428 e. The molecule has 2 amide bonds. The lowest BCUT2D eigenvalue weighted by atomic mass is 10.3. The highest BCUT2D eigenvalue weighted by molar-refractivity contribution is 5.89. The number of benzene rings is 1. The number of carbonyl (C=O) groups is 1. The van der Waals surface area contributed by atoms with Gasteiger partial charge in [0.2, 0.25) is 0 Å². The normalized spacial score (nSPS) is 11.7. The summed E-state index contributed by atoms with van der Waals surface area (Å²) in [6, 6.07) is 3.97. The number of ether oxygens (including phenoxy) is 3. The number of alkyl halides is 4. The lowest BCUT2D eigenvalue weighted by Crippen LogP contribution is -2.37. The first-order valence-electron chi connectivity index (χ1n) is 7.51. The largest absolute Gasteiger partial charge is 0.461 e. The molecule has 0 unspecified atom stereocenters. The van der Waals surface area contributed by atoms with Gasteiger partial charge < -0.3 is 24.8 Å². The molecular weight excluding hydrogens is 348 g/mol. The monoisotopic (exact) mass is 368 g/mol. The summed E-state index contributed by atoms with van der Waals surface area (Å²) in [6.45, 7) is 4.51. The molecule has 0 heterocycles. The Morgan fingerprint density at radius 2 is 1.68 bits per heavy atom. The number of halogens is 4. The molecule has 0 saturated carbocycles. The van der Waals surface area contributed by atoms with Crippen LogP contribution in [-0.2, 0) is 9.47 Å². The molecule has 1 aromatic carbocycles. The Kier molecular flexibility index (Phi) is 8.42. The second-order valence-corrected chi connectivity index (χ2v) is 4.66. The van der Waals surface area contributed by atoms with Crippen molar-refractivity contribution >= 4 is 11.7 Å². The van der Waals surface area contributed by atoms with Crippen LogP contribution in [0.3, 0.4) is 0 Å². The third-order valence-corrected chi connectivity index (χ3v) is 2.75. The molecule has 6 nitrogen and oxygen atoms in total. The van der Waals surface area contributed by atoms with E-state index in [2.05, 4.69) is 15.4 Å². The number of amides is 2. The lowest BCUT2D eigenvalue weighted by molar-refractivity contribution is -0.253. The van der Waals surface area contributed by atoms with Gasteiger partial charge in [-0.3, -0.25) is 0 Å². The summed E-state index contributed by atoms with van der Waals surface area (Å²) in [5.74, 6) is -0.455. The third-order valence-electron chi connectivity index (χ3n) is 2.75. The Hall–Kier alpha value is -2.07. The van der Waals surface area contributed by atoms with E-state index in [-0.39, 0.29) is 12.2 Å². The third kappa shape index (κ3) is 7.57. The molecule has 0 spiro atoms. The maximum Gasteiger partial charge on any atom is 0.461 e. The minimum absolute atomic E-state index is 0.106. The Balaban J connectivity index is 2.50. The van der Waals surface area contributed by atoms with Crippen LogP contribution in [0, 0.1) is 0 Å². The molecule has 10 heteroatoms. The highest BCUT2D eigenvalue weighted by atomic mass is 19.3. The molecule has 0 atom stereocenters. The van der Waals surface area contributed by atoms with Gasteiger partial charge in [-0.1, -0.05) is 0 Å². The molecule has 0 aliphatic heterocycles. The zero-order valence-electron chi connectivity index (χ0n) is 13.7. The minimum atomic E-state index is -4.58. The van der Waals surface area contributed by atoms with Gasteiger partial charge in [0.15, 0.2) is 6.29 Å². The van der Waals surface area contributed by atoms with Gasteiger partial charge in [0.25, 0.3) is 0 Å². The van der Waals surface area contributed by atoms with Gasteiger partial charge in [0.1, 0.15) is 5.75 Å². The average Bonchev–Trinajstić information content (AvgIpc) is 2.54. The van der Waals surface area contributed by atoms with Crippen LogP contribution < -0.4 is 15.4 Å². The number of anilines is 1. The summed E-state index contributed by atoms with van der Waals surface area (Å²) in [4.78, 5) is 11.7. The van der Waals surface area contributed by atoms with Gasteiger partial charge in [0, 0.05) is 18.9 Å². The van der Waals surface area contributed by atoms with Gasteiger partial charge in [0.05, 0.1) is 6.54 Å². The van der Waals surface area contributed by atoms with E-state index >= 15 is 0 Å². The lowest BCUT2D eigenvalue weighted by Gasteiger charge is -2.18. The van der Waals surface area contributed by atoms with Crippen molar-refractivity contribution in [2.45, 2.75) is 32.7 Å². The molecular formula is C15H20F4N2O4. The van der Waals surface area contributed by atoms with Crippen LogP contribution in [-0.4, -0.2) is 44.6 Å². The fraction of sp³-hybridized carbons (Fsp3) is 0.533. The Morgan fingerprint density at radius 3 is 2.16 bits per heavy atom. The topological polar surface area (TPSA) is 68.8 Å². The molecule has 0 saturated heterocycles. The summed E-state index contributed by atoms with van der Waals surface area (Å²) < 4.78 is 64.0. The molecule has 2 N–H and O–H groups in total. The maximum atomic E-state index is 12.8. The fourth-order valence-electron chi connectivity index (χ4n) is 1.70. The first-order valence-corrected chi connectivity index (χ1v) is 7.51. The molecule has 0 aromatic heterocycles. The van der Waals surface area contributed by atoms with Crippen LogP contribution in [0.1, 0.15) is 13.8 Å². The maximum absolute atomic E-state index is 12.8. The van der Waals surface area contributed by atoms with Crippen LogP contribution in [0.5, 0.6) is 5.75 Å². The summed E-state index contributed by atoms with van der Waals surface area (Å²) >= 11 is 0. The van der Waals surface area contributed by atoms with Crippen LogP contribution in [0.25, 0.3) is 0 Å². The van der Waals surface area contributed by atoms with E-state index in [1.165, 1.54) is 12.1 Å². The fourth-order valence-corrected chi connectivity index (χ4v) is 1.70. The second kappa shape index (κ2) is 10.0. The van der Waals surface area contributed by atoms with Crippen molar-refractivity contribution in [3.8, 4) is 5.75 Å². The van der Waals surface area contributed by atoms with Crippen molar-refractivity contribution < 1.29 is 36.6 Å². The number of urea groups is 1. The average molecular weight is 368 g/mol. The van der Waals surface area contributed by atoms with Gasteiger partial charge in [-0.2, -0.15) is 17.6 Å². The van der Waals surface area contributed by atoms with Crippen LogP contribution in [0.2, 0.25) is 0 Å². The van der Waals surface area contributed by atoms with Crippen LogP contribution in [0.15, 0.2) is 24.3 Å².